The van der Waals surface area contributed by atoms with E-state index in [4.69, 9.17) is 15.3 Å². The second kappa shape index (κ2) is 4.63. The van der Waals surface area contributed by atoms with Gasteiger partial charge >= 0.3 is 0 Å². The van der Waals surface area contributed by atoms with Crippen molar-refractivity contribution in [2.75, 3.05) is 17.7 Å². The van der Waals surface area contributed by atoms with E-state index in [0.717, 1.165) is 5.52 Å². The van der Waals surface area contributed by atoms with Gasteiger partial charge in [-0.3, -0.25) is 0 Å². The van der Waals surface area contributed by atoms with E-state index in [9.17, 15) is 0 Å². The quantitative estimate of drug-likeness (QED) is 0.704. The molecule has 1 aromatic carbocycles. The standard InChI is InChI=1S/C12H17N3O2/c1-7(6-16)8(2)14-12-15-10-5-9(13)3-4-11(10)17-12/h3-5,7-8,16H,6,13H2,1-2H3,(H,14,15). The van der Waals surface area contributed by atoms with E-state index in [-0.39, 0.29) is 18.6 Å². The van der Waals surface area contributed by atoms with Crippen LogP contribution in [0.3, 0.4) is 0 Å². The molecular weight excluding hydrogens is 218 g/mol. The van der Waals surface area contributed by atoms with E-state index < -0.39 is 0 Å². The molecule has 0 aliphatic heterocycles. The van der Waals surface area contributed by atoms with E-state index in [1.165, 1.54) is 0 Å². The van der Waals surface area contributed by atoms with Gasteiger partial charge in [-0.2, -0.15) is 4.98 Å². The van der Waals surface area contributed by atoms with Gasteiger partial charge < -0.3 is 20.6 Å². The summed E-state index contributed by atoms with van der Waals surface area (Å²) in [7, 11) is 0. The number of nitrogen functional groups attached to an aromatic ring is 1. The van der Waals surface area contributed by atoms with Crippen LogP contribution in [0.5, 0.6) is 0 Å². The van der Waals surface area contributed by atoms with Crippen molar-refractivity contribution in [3.8, 4) is 0 Å². The lowest BCUT2D eigenvalue weighted by Gasteiger charge is -2.17. The van der Waals surface area contributed by atoms with Crippen LogP contribution in [-0.2, 0) is 0 Å². The molecule has 2 aromatic rings. The van der Waals surface area contributed by atoms with Crippen LogP contribution in [0.1, 0.15) is 13.8 Å². The van der Waals surface area contributed by atoms with E-state index >= 15 is 0 Å². The molecule has 0 aliphatic rings. The molecule has 0 fully saturated rings. The third-order valence-electron chi connectivity index (χ3n) is 2.90. The van der Waals surface area contributed by atoms with Crippen molar-refractivity contribution in [1.82, 2.24) is 4.98 Å². The Hall–Kier alpha value is -1.75. The molecule has 2 atom stereocenters. The maximum Gasteiger partial charge on any atom is 0.295 e. The summed E-state index contributed by atoms with van der Waals surface area (Å²) in [4.78, 5) is 4.29. The van der Waals surface area contributed by atoms with Crippen LogP contribution in [0.15, 0.2) is 22.6 Å². The first kappa shape index (κ1) is 11.7. The number of rotatable bonds is 4. The minimum absolute atomic E-state index is 0.0883. The minimum atomic E-state index is 0.0883. The molecule has 92 valence electrons. The molecule has 1 heterocycles. The molecule has 0 saturated heterocycles. The van der Waals surface area contributed by atoms with Crippen LogP contribution in [0.4, 0.5) is 11.7 Å². The van der Waals surface area contributed by atoms with Crippen molar-refractivity contribution in [1.29, 1.82) is 0 Å². The van der Waals surface area contributed by atoms with Gasteiger partial charge in [0.2, 0.25) is 0 Å². The SMILES string of the molecule is CC(CO)C(C)Nc1nc2cc(N)ccc2o1. The first-order chi connectivity index (χ1) is 8.10. The number of benzene rings is 1. The van der Waals surface area contributed by atoms with Gasteiger partial charge in [-0.05, 0) is 31.0 Å². The Balaban J connectivity index is 2.19. The highest BCUT2D eigenvalue weighted by Gasteiger charge is 2.14. The summed E-state index contributed by atoms with van der Waals surface area (Å²) in [6.07, 6.45) is 0. The largest absolute Gasteiger partial charge is 0.424 e. The van der Waals surface area contributed by atoms with Crippen LogP contribution >= 0.6 is 0 Å². The number of fused-ring (bicyclic) bond motifs is 1. The first-order valence-electron chi connectivity index (χ1n) is 5.63. The van der Waals surface area contributed by atoms with Crippen molar-refractivity contribution in [2.24, 2.45) is 5.92 Å². The summed E-state index contributed by atoms with van der Waals surface area (Å²) in [5.41, 5.74) is 7.76. The third-order valence-corrected chi connectivity index (χ3v) is 2.90. The molecule has 2 unspecified atom stereocenters. The van der Waals surface area contributed by atoms with Gasteiger partial charge in [0, 0.05) is 18.3 Å². The normalized spacial score (nSPS) is 14.8. The minimum Gasteiger partial charge on any atom is -0.424 e. The molecule has 17 heavy (non-hydrogen) atoms. The van der Waals surface area contributed by atoms with Gasteiger partial charge in [0.15, 0.2) is 5.58 Å². The van der Waals surface area contributed by atoms with Gasteiger partial charge in [-0.15, -0.1) is 0 Å². The number of nitrogens with two attached hydrogens (primary N) is 1. The fourth-order valence-corrected chi connectivity index (χ4v) is 1.50. The summed E-state index contributed by atoms with van der Waals surface area (Å²) in [5, 5.41) is 12.2. The lowest BCUT2D eigenvalue weighted by Crippen LogP contribution is -2.26. The van der Waals surface area contributed by atoms with E-state index in [1.54, 1.807) is 18.2 Å². The predicted octanol–water partition coefficient (Wildman–Crippen LogP) is 1.84. The van der Waals surface area contributed by atoms with Crippen LogP contribution in [-0.4, -0.2) is 22.7 Å². The fourth-order valence-electron chi connectivity index (χ4n) is 1.50. The molecule has 5 heteroatoms. The summed E-state index contributed by atoms with van der Waals surface area (Å²) < 4.78 is 5.53. The van der Waals surface area contributed by atoms with E-state index in [2.05, 4.69) is 10.3 Å². The molecule has 2 rings (SSSR count). The van der Waals surface area contributed by atoms with Gasteiger partial charge in [0.05, 0.1) is 0 Å². The number of oxazole rings is 1. The molecule has 0 radical (unpaired) electrons. The van der Waals surface area contributed by atoms with Gasteiger partial charge in [-0.25, -0.2) is 0 Å². The number of hydrogen-bond donors (Lipinski definition) is 3. The topological polar surface area (TPSA) is 84.3 Å². The molecular formula is C12H17N3O2. The van der Waals surface area contributed by atoms with Crippen molar-refractivity contribution >= 4 is 22.8 Å². The van der Waals surface area contributed by atoms with Crippen LogP contribution < -0.4 is 11.1 Å². The Morgan fingerprint density at radius 2 is 2.24 bits per heavy atom. The zero-order chi connectivity index (χ0) is 12.4. The average Bonchev–Trinajstić information content (AvgIpc) is 2.69. The smallest absolute Gasteiger partial charge is 0.295 e. The Kier molecular flexibility index (Phi) is 3.19. The molecule has 0 spiro atoms. The monoisotopic (exact) mass is 235 g/mol. The number of aliphatic hydroxyl groups is 1. The molecule has 0 amide bonds. The average molecular weight is 235 g/mol. The maximum absolute atomic E-state index is 9.05. The van der Waals surface area contributed by atoms with E-state index in [1.807, 2.05) is 13.8 Å². The molecule has 0 aliphatic carbocycles. The summed E-state index contributed by atoms with van der Waals surface area (Å²) in [5.74, 6) is 0.134. The van der Waals surface area contributed by atoms with Gasteiger partial charge in [0.1, 0.15) is 5.52 Å². The summed E-state index contributed by atoms with van der Waals surface area (Å²) in [6.45, 7) is 4.06. The van der Waals surface area contributed by atoms with Crippen molar-refractivity contribution in [3.05, 3.63) is 18.2 Å². The molecule has 1 aromatic heterocycles. The van der Waals surface area contributed by atoms with Crippen LogP contribution in [0, 0.1) is 5.92 Å². The van der Waals surface area contributed by atoms with Crippen molar-refractivity contribution in [3.63, 3.8) is 0 Å². The molecule has 4 N–H and O–H groups in total. The Bertz CT molecular complexity index is 509. The lowest BCUT2D eigenvalue weighted by molar-refractivity contribution is 0.225. The van der Waals surface area contributed by atoms with Crippen LogP contribution in [0.25, 0.3) is 11.1 Å². The summed E-state index contributed by atoms with van der Waals surface area (Å²) in [6, 6.07) is 5.88. The first-order valence-corrected chi connectivity index (χ1v) is 5.63. The second-order valence-corrected chi connectivity index (χ2v) is 4.34. The fraction of sp³-hybridized carbons (Fsp3) is 0.417. The van der Waals surface area contributed by atoms with Gasteiger partial charge in [0.25, 0.3) is 6.01 Å². The van der Waals surface area contributed by atoms with Gasteiger partial charge in [-0.1, -0.05) is 6.92 Å². The number of hydrogen-bond acceptors (Lipinski definition) is 5. The number of nitrogens with zero attached hydrogens (tertiary/aromatic N) is 1. The predicted molar refractivity (Wildman–Crippen MR) is 67.8 cm³/mol. The number of aromatic nitrogens is 1. The number of anilines is 2. The highest BCUT2D eigenvalue weighted by molar-refractivity contribution is 5.78. The summed E-state index contributed by atoms with van der Waals surface area (Å²) >= 11 is 0. The highest BCUT2D eigenvalue weighted by Crippen LogP contribution is 2.22. The molecule has 0 bridgehead atoms. The van der Waals surface area contributed by atoms with E-state index in [0.29, 0.717) is 17.3 Å². The van der Waals surface area contributed by atoms with Crippen molar-refractivity contribution in [2.45, 2.75) is 19.9 Å². The Morgan fingerprint density at radius 3 is 2.94 bits per heavy atom. The lowest BCUT2D eigenvalue weighted by atomic mass is 10.1. The second-order valence-electron chi connectivity index (χ2n) is 4.34. The number of aliphatic hydroxyl groups excluding tert-OH is 1. The maximum atomic E-state index is 9.05. The Morgan fingerprint density at radius 1 is 1.47 bits per heavy atom. The zero-order valence-electron chi connectivity index (χ0n) is 9.97. The van der Waals surface area contributed by atoms with Crippen molar-refractivity contribution < 1.29 is 9.52 Å². The molecule has 0 saturated carbocycles. The molecule has 5 nitrogen and oxygen atoms in total. The highest BCUT2D eigenvalue weighted by atomic mass is 16.4. The third kappa shape index (κ3) is 2.50. The van der Waals surface area contributed by atoms with Crippen LogP contribution in [0.2, 0.25) is 0 Å². The number of nitrogens with one attached hydrogen (secondary N) is 1. The Labute approximate surface area is 99.6 Å². The zero-order valence-corrected chi connectivity index (χ0v) is 9.97.